The first-order chi connectivity index (χ1) is 15.4. The molecule has 2 saturated carbocycles. The summed E-state index contributed by atoms with van der Waals surface area (Å²) in [6, 6.07) is 0. The van der Waals surface area contributed by atoms with Crippen molar-refractivity contribution >= 4 is 11.6 Å². The Balaban J connectivity index is 1.85. The van der Waals surface area contributed by atoms with Crippen LogP contribution in [0.2, 0.25) is 0 Å². The van der Waals surface area contributed by atoms with E-state index >= 15 is 0 Å². The zero-order valence-corrected chi connectivity index (χ0v) is 22.0. The third kappa shape index (κ3) is 8.28. The number of carbonyl (C=O) groups excluding carboxylic acids is 2. The molecule has 0 heterocycles. The maximum absolute atomic E-state index is 13.2. The average molecular weight is 447 g/mol. The SMILES string of the molecule is CC1(C)[C@H]2CC[C@]1(C)C(=O)CCCCCCCCCCCCCCCCCCCCC2=O. The Morgan fingerprint density at radius 1 is 0.531 bits per heavy atom. The molecular formula is C30H54O2. The molecule has 0 saturated heterocycles. The summed E-state index contributed by atoms with van der Waals surface area (Å²) in [4.78, 5) is 26.3. The van der Waals surface area contributed by atoms with E-state index in [1.54, 1.807) is 0 Å². The van der Waals surface area contributed by atoms with Crippen molar-refractivity contribution < 1.29 is 9.59 Å². The van der Waals surface area contributed by atoms with Gasteiger partial charge in [0, 0.05) is 24.2 Å². The second-order valence-corrected chi connectivity index (χ2v) is 11.9. The summed E-state index contributed by atoms with van der Waals surface area (Å²) in [5.41, 5.74) is -0.521. The molecule has 0 aliphatic heterocycles. The zero-order chi connectivity index (χ0) is 23.3. The minimum absolute atomic E-state index is 0.0749. The molecule has 2 fully saturated rings. The molecule has 0 aromatic heterocycles. The van der Waals surface area contributed by atoms with Gasteiger partial charge in [-0.3, -0.25) is 9.59 Å². The second kappa shape index (κ2) is 14.6. The van der Waals surface area contributed by atoms with E-state index in [9.17, 15) is 9.59 Å². The van der Waals surface area contributed by atoms with E-state index in [2.05, 4.69) is 20.8 Å². The molecule has 2 nitrogen and oxygen atoms in total. The van der Waals surface area contributed by atoms with Crippen LogP contribution in [0.3, 0.4) is 0 Å². The molecule has 0 amide bonds. The quantitative estimate of drug-likeness (QED) is 0.371. The lowest BCUT2D eigenvalue weighted by molar-refractivity contribution is -0.136. The maximum atomic E-state index is 13.2. The van der Waals surface area contributed by atoms with E-state index in [1.165, 1.54) is 103 Å². The summed E-state index contributed by atoms with van der Waals surface area (Å²) in [7, 11) is 0. The summed E-state index contributed by atoms with van der Waals surface area (Å²) in [6.45, 7) is 6.56. The van der Waals surface area contributed by atoms with Gasteiger partial charge >= 0.3 is 0 Å². The van der Waals surface area contributed by atoms with Gasteiger partial charge in [-0.25, -0.2) is 0 Å². The molecule has 2 bridgehead atoms. The molecule has 32 heavy (non-hydrogen) atoms. The van der Waals surface area contributed by atoms with Gasteiger partial charge in [-0.05, 0) is 31.1 Å². The summed E-state index contributed by atoms with van der Waals surface area (Å²) in [5.74, 6) is 0.922. The van der Waals surface area contributed by atoms with Gasteiger partial charge in [-0.2, -0.15) is 0 Å². The molecule has 186 valence electrons. The minimum atomic E-state index is -0.320. The standard InChI is InChI=1S/C30H54O2/c1-29(2)26-24-25-30(29,3)28(32)23-21-19-17-15-13-11-9-7-5-4-6-8-10-12-14-16-18-20-22-27(26)31/h26H,4-25H2,1-3H3/t26-,30+/m0/s1. The van der Waals surface area contributed by atoms with Crippen LogP contribution in [0.1, 0.15) is 162 Å². The molecule has 2 heteroatoms. The van der Waals surface area contributed by atoms with E-state index in [0.717, 1.165) is 32.1 Å². The number of ketones is 2. The molecule has 0 aromatic carbocycles. The van der Waals surface area contributed by atoms with Crippen LogP contribution < -0.4 is 0 Å². The highest BCUT2D eigenvalue weighted by Gasteiger charge is 2.56. The molecule has 2 rings (SSSR count). The van der Waals surface area contributed by atoms with Crippen LogP contribution in [-0.2, 0) is 9.59 Å². The summed E-state index contributed by atoms with van der Waals surface area (Å²) >= 11 is 0. The third-order valence-corrected chi connectivity index (χ3v) is 9.31. The van der Waals surface area contributed by atoms with Crippen molar-refractivity contribution in [2.24, 2.45) is 16.7 Å². The van der Waals surface area contributed by atoms with Crippen LogP contribution >= 0.6 is 0 Å². The molecule has 0 N–H and O–H groups in total. The van der Waals surface area contributed by atoms with Crippen LogP contribution in [0.15, 0.2) is 0 Å². The Morgan fingerprint density at radius 3 is 1.28 bits per heavy atom. The lowest BCUT2D eigenvalue weighted by Gasteiger charge is -2.40. The van der Waals surface area contributed by atoms with E-state index in [0.29, 0.717) is 18.0 Å². The Kier molecular flexibility index (Phi) is 12.6. The average Bonchev–Trinajstić information content (AvgIpc) is 3.01. The molecule has 0 unspecified atom stereocenters. The predicted octanol–water partition coefficient (Wildman–Crippen LogP) is 9.38. The summed E-state index contributed by atoms with van der Waals surface area (Å²) in [5, 5.41) is 0. The highest BCUT2D eigenvalue weighted by Crippen LogP contribution is 2.57. The molecular weight excluding hydrogens is 392 g/mol. The van der Waals surface area contributed by atoms with Crippen LogP contribution in [0, 0.1) is 16.7 Å². The monoisotopic (exact) mass is 446 g/mol. The van der Waals surface area contributed by atoms with Crippen LogP contribution in [0.25, 0.3) is 0 Å². The Hall–Kier alpha value is -0.660. The maximum Gasteiger partial charge on any atom is 0.139 e. The van der Waals surface area contributed by atoms with Gasteiger partial charge in [0.2, 0.25) is 0 Å². The van der Waals surface area contributed by atoms with E-state index in [4.69, 9.17) is 0 Å². The smallest absolute Gasteiger partial charge is 0.139 e. The third-order valence-electron chi connectivity index (χ3n) is 9.31. The molecule has 2 atom stereocenters. The van der Waals surface area contributed by atoms with Gasteiger partial charge in [-0.1, -0.05) is 124 Å². The van der Waals surface area contributed by atoms with Gasteiger partial charge in [0.25, 0.3) is 0 Å². The topological polar surface area (TPSA) is 34.1 Å². The highest BCUT2D eigenvalue weighted by atomic mass is 16.1. The lowest BCUT2D eigenvalue weighted by Crippen LogP contribution is -2.42. The van der Waals surface area contributed by atoms with Crippen molar-refractivity contribution in [3.05, 3.63) is 0 Å². The van der Waals surface area contributed by atoms with Crippen LogP contribution in [0.4, 0.5) is 0 Å². The number of fused-ring (bicyclic) bond motifs is 2. The van der Waals surface area contributed by atoms with Crippen molar-refractivity contribution in [3.63, 3.8) is 0 Å². The fourth-order valence-electron chi connectivity index (χ4n) is 6.43. The lowest BCUT2D eigenvalue weighted by atomic mass is 9.62. The van der Waals surface area contributed by atoms with Crippen molar-refractivity contribution in [1.29, 1.82) is 0 Å². The van der Waals surface area contributed by atoms with Gasteiger partial charge in [0.15, 0.2) is 0 Å². The first-order valence-corrected chi connectivity index (χ1v) is 14.5. The summed E-state index contributed by atoms with van der Waals surface area (Å²) < 4.78 is 0. The van der Waals surface area contributed by atoms with Gasteiger partial charge in [0.05, 0.1) is 0 Å². The van der Waals surface area contributed by atoms with Crippen molar-refractivity contribution in [1.82, 2.24) is 0 Å². The second-order valence-electron chi connectivity index (χ2n) is 11.9. The predicted molar refractivity (Wildman–Crippen MR) is 137 cm³/mol. The van der Waals surface area contributed by atoms with Crippen LogP contribution in [-0.4, -0.2) is 11.6 Å². The van der Waals surface area contributed by atoms with Crippen molar-refractivity contribution in [2.45, 2.75) is 162 Å². The number of hydrogen-bond donors (Lipinski definition) is 0. The highest BCUT2D eigenvalue weighted by molar-refractivity contribution is 5.89. The van der Waals surface area contributed by atoms with Gasteiger partial charge in [-0.15, -0.1) is 0 Å². The van der Waals surface area contributed by atoms with Crippen molar-refractivity contribution in [2.75, 3.05) is 0 Å². The fraction of sp³-hybridized carbons (Fsp3) is 0.933. The van der Waals surface area contributed by atoms with Gasteiger partial charge in [0.1, 0.15) is 11.6 Å². The van der Waals surface area contributed by atoms with E-state index in [-0.39, 0.29) is 16.7 Å². The molecule has 0 spiro atoms. The molecule has 2 aliphatic rings. The Labute approximate surface area is 200 Å². The molecule has 2 aliphatic carbocycles. The Bertz CT molecular complexity index is 549. The van der Waals surface area contributed by atoms with E-state index in [1.807, 2.05) is 0 Å². The number of Topliss-reactive ketones (excluding diaryl/α,β-unsaturated/α-hetero) is 2. The minimum Gasteiger partial charge on any atom is -0.299 e. The number of hydrogen-bond acceptors (Lipinski definition) is 2. The Morgan fingerprint density at radius 2 is 0.875 bits per heavy atom. The van der Waals surface area contributed by atoms with Gasteiger partial charge < -0.3 is 0 Å². The fourth-order valence-corrected chi connectivity index (χ4v) is 6.43. The largest absolute Gasteiger partial charge is 0.299 e. The first-order valence-electron chi connectivity index (χ1n) is 14.5. The number of rotatable bonds is 0. The van der Waals surface area contributed by atoms with Crippen molar-refractivity contribution in [3.8, 4) is 0 Å². The van der Waals surface area contributed by atoms with E-state index < -0.39 is 0 Å². The molecule has 0 radical (unpaired) electrons. The zero-order valence-electron chi connectivity index (χ0n) is 22.0. The van der Waals surface area contributed by atoms with Crippen LogP contribution in [0.5, 0.6) is 0 Å². The first kappa shape index (κ1) is 27.6. The summed E-state index contributed by atoms with van der Waals surface area (Å²) in [6.07, 6.45) is 26.9. The normalized spacial score (nSPS) is 31.5. The molecule has 0 aromatic rings. The number of carbonyl (C=O) groups is 2.